The molecule has 0 amide bonds. The van der Waals surface area contributed by atoms with E-state index in [2.05, 4.69) is 14.9 Å². The molecule has 0 aliphatic rings. The average molecular weight is 296 g/mol. The number of para-hydroxylation sites is 1. The normalized spacial score (nSPS) is 11.2. The fourth-order valence-electron chi connectivity index (χ4n) is 1.62. The molecule has 2 N–H and O–H groups in total. The minimum absolute atomic E-state index is 0.0972. The molecule has 2 rings (SSSR count). The standard InChI is InChI=1S/C11H12N4O4S/c1-2-8-7-11(13-12-8)14-20(18,19)10-6-4-3-5-9(10)15(16)17/h3-7H,2H2,1H3,(H2,12,13,14). The Hall–Kier alpha value is -2.42. The van der Waals surface area contributed by atoms with E-state index in [1.807, 2.05) is 6.92 Å². The van der Waals surface area contributed by atoms with Crippen molar-refractivity contribution in [1.29, 1.82) is 0 Å². The summed E-state index contributed by atoms with van der Waals surface area (Å²) < 4.78 is 26.5. The van der Waals surface area contributed by atoms with Crippen LogP contribution in [0.4, 0.5) is 11.5 Å². The second-order valence-corrected chi connectivity index (χ2v) is 5.61. The number of rotatable bonds is 5. The highest BCUT2D eigenvalue weighted by Crippen LogP contribution is 2.24. The van der Waals surface area contributed by atoms with Gasteiger partial charge in [0.2, 0.25) is 0 Å². The first-order chi connectivity index (χ1) is 9.44. The van der Waals surface area contributed by atoms with Crippen LogP contribution in [0.5, 0.6) is 0 Å². The van der Waals surface area contributed by atoms with Crippen molar-refractivity contribution in [2.45, 2.75) is 18.2 Å². The average Bonchev–Trinajstić information content (AvgIpc) is 2.85. The summed E-state index contributed by atoms with van der Waals surface area (Å²) in [5, 5.41) is 17.3. The number of nitrogens with one attached hydrogen (secondary N) is 2. The number of sulfonamides is 1. The van der Waals surface area contributed by atoms with E-state index in [0.717, 1.165) is 11.8 Å². The summed E-state index contributed by atoms with van der Waals surface area (Å²) in [6, 6.07) is 6.67. The minimum atomic E-state index is -4.06. The molecule has 9 heteroatoms. The van der Waals surface area contributed by atoms with Crippen LogP contribution < -0.4 is 4.72 Å². The van der Waals surface area contributed by atoms with Crippen molar-refractivity contribution < 1.29 is 13.3 Å². The number of aromatic nitrogens is 2. The van der Waals surface area contributed by atoms with Gasteiger partial charge in [-0.3, -0.25) is 19.9 Å². The molecule has 1 heterocycles. The van der Waals surface area contributed by atoms with Crippen molar-refractivity contribution in [2.24, 2.45) is 0 Å². The maximum atomic E-state index is 12.2. The predicted molar refractivity (Wildman–Crippen MR) is 71.9 cm³/mol. The Labute approximate surface area is 115 Å². The Morgan fingerprint density at radius 1 is 1.40 bits per heavy atom. The minimum Gasteiger partial charge on any atom is -0.280 e. The van der Waals surface area contributed by atoms with E-state index in [0.29, 0.717) is 6.42 Å². The summed E-state index contributed by atoms with van der Waals surface area (Å²) in [7, 11) is -4.06. The summed E-state index contributed by atoms with van der Waals surface area (Å²) in [6.07, 6.45) is 0.667. The first kappa shape index (κ1) is 14.0. The highest BCUT2D eigenvalue weighted by molar-refractivity contribution is 7.92. The number of nitro benzene ring substituents is 1. The van der Waals surface area contributed by atoms with Gasteiger partial charge < -0.3 is 0 Å². The van der Waals surface area contributed by atoms with E-state index in [4.69, 9.17) is 0 Å². The Morgan fingerprint density at radius 2 is 2.10 bits per heavy atom. The molecular weight excluding hydrogens is 284 g/mol. The van der Waals surface area contributed by atoms with Crippen molar-refractivity contribution >= 4 is 21.5 Å². The molecule has 2 aromatic rings. The molecule has 0 aliphatic carbocycles. The quantitative estimate of drug-likeness (QED) is 0.642. The van der Waals surface area contributed by atoms with Gasteiger partial charge in [0.1, 0.15) is 0 Å². The number of anilines is 1. The number of nitrogens with zero attached hydrogens (tertiary/aromatic N) is 2. The first-order valence-corrected chi connectivity index (χ1v) is 7.23. The molecular formula is C11H12N4O4S. The van der Waals surface area contributed by atoms with Crippen LogP contribution >= 0.6 is 0 Å². The molecule has 0 radical (unpaired) electrons. The fourth-order valence-corrected chi connectivity index (χ4v) is 2.79. The predicted octanol–water partition coefficient (Wildman–Crippen LogP) is 1.68. The van der Waals surface area contributed by atoms with Crippen molar-refractivity contribution in [3.05, 3.63) is 46.1 Å². The number of hydrogen-bond donors (Lipinski definition) is 2. The van der Waals surface area contributed by atoms with Gasteiger partial charge in [-0.15, -0.1) is 0 Å². The molecule has 0 aliphatic heterocycles. The number of benzene rings is 1. The highest BCUT2D eigenvalue weighted by atomic mass is 32.2. The summed E-state index contributed by atoms with van der Waals surface area (Å²) in [6.45, 7) is 1.88. The maximum absolute atomic E-state index is 12.2. The van der Waals surface area contributed by atoms with Crippen molar-refractivity contribution in [3.63, 3.8) is 0 Å². The van der Waals surface area contributed by atoms with E-state index in [-0.39, 0.29) is 5.82 Å². The molecule has 0 atom stereocenters. The Bertz CT molecular complexity index is 738. The molecule has 0 saturated carbocycles. The Morgan fingerprint density at radius 3 is 2.70 bits per heavy atom. The SMILES string of the molecule is CCc1cc(NS(=O)(=O)c2ccccc2[N+](=O)[O-])n[nH]1. The summed E-state index contributed by atoms with van der Waals surface area (Å²) in [5.41, 5.74) is 0.275. The zero-order valence-electron chi connectivity index (χ0n) is 10.5. The van der Waals surface area contributed by atoms with Crippen LogP contribution in [0.25, 0.3) is 0 Å². The molecule has 8 nitrogen and oxygen atoms in total. The van der Waals surface area contributed by atoms with Crippen LogP contribution in [0.1, 0.15) is 12.6 Å². The highest BCUT2D eigenvalue weighted by Gasteiger charge is 2.25. The first-order valence-electron chi connectivity index (χ1n) is 5.74. The molecule has 1 aromatic heterocycles. The fraction of sp³-hybridized carbons (Fsp3) is 0.182. The van der Waals surface area contributed by atoms with Gasteiger partial charge in [0, 0.05) is 17.8 Å². The van der Waals surface area contributed by atoms with Crippen LogP contribution in [0.2, 0.25) is 0 Å². The van der Waals surface area contributed by atoms with E-state index in [9.17, 15) is 18.5 Å². The Kier molecular flexibility index (Phi) is 3.70. The third-order valence-corrected chi connectivity index (χ3v) is 4.00. The number of hydrogen-bond acceptors (Lipinski definition) is 5. The van der Waals surface area contributed by atoms with Gasteiger partial charge >= 0.3 is 0 Å². The molecule has 0 fully saturated rings. The molecule has 0 spiro atoms. The number of nitro groups is 1. The van der Waals surface area contributed by atoms with Gasteiger partial charge in [0.25, 0.3) is 15.7 Å². The molecule has 0 saturated heterocycles. The van der Waals surface area contributed by atoms with Crippen LogP contribution in [-0.4, -0.2) is 23.5 Å². The topological polar surface area (TPSA) is 118 Å². The number of H-pyrrole nitrogens is 1. The third-order valence-electron chi connectivity index (χ3n) is 2.60. The lowest BCUT2D eigenvalue weighted by molar-refractivity contribution is -0.387. The van der Waals surface area contributed by atoms with Gasteiger partial charge in [0.15, 0.2) is 10.7 Å². The van der Waals surface area contributed by atoms with Gasteiger partial charge in [-0.05, 0) is 12.5 Å². The van der Waals surface area contributed by atoms with Crippen molar-refractivity contribution in [1.82, 2.24) is 10.2 Å². The zero-order chi connectivity index (χ0) is 14.8. The van der Waals surface area contributed by atoms with Gasteiger partial charge in [-0.2, -0.15) is 5.10 Å². The second kappa shape index (κ2) is 5.29. The summed E-state index contributed by atoms with van der Waals surface area (Å²) in [4.78, 5) is 9.73. The van der Waals surface area contributed by atoms with Gasteiger partial charge in [-0.1, -0.05) is 19.1 Å². The lowest BCUT2D eigenvalue weighted by Crippen LogP contribution is -2.14. The maximum Gasteiger partial charge on any atom is 0.289 e. The van der Waals surface area contributed by atoms with Crippen LogP contribution in [-0.2, 0) is 16.4 Å². The molecule has 106 valence electrons. The molecule has 20 heavy (non-hydrogen) atoms. The molecule has 0 bridgehead atoms. The molecule has 1 aromatic carbocycles. The molecule has 0 unspecified atom stereocenters. The van der Waals surface area contributed by atoms with Gasteiger partial charge in [-0.25, -0.2) is 8.42 Å². The van der Waals surface area contributed by atoms with Crippen molar-refractivity contribution in [3.8, 4) is 0 Å². The van der Waals surface area contributed by atoms with E-state index in [1.54, 1.807) is 0 Å². The largest absolute Gasteiger partial charge is 0.289 e. The lowest BCUT2D eigenvalue weighted by Gasteiger charge is -2.05. The number of aromatic amines is 1. The lowest BCUT2D eigenvalue weighted by atomic mass is 10.3. The van der Waals surface area contributed by atoms with Gasteiger partial charge in [0.05, 0.1) is 4.92 Å². The van der Waals surface area contributed by atoms with Crippen molar-refractivity contribution in [2.75, 3.05) is 4.72 Å². The van der Waals surface area contributed by atoms with E-state index < -0.39 is 25.5 Å². The Balaban J connectivity index is 2.38. The zero-order valence-corrected chi connectivity index (χ0v) is 11.3. The van der Waals surface area contributed by atoms with E-state index in [1.165, 1.54) is 24.3 Å². The summed E-state index contributed by atoms with van der Waals surface area (Å²) in [5.74, 6) is 0.0972. The van der Waals surface area contributed by atoms with Crippen LogP contribution in [0, 0.1) is 10.1 Å². The monoisotopic (exact) mass is 296 g/mol. The van der Waals surface area contributed by atoms with E-state index >= 15 is 0 Å². The van der Waals surface area contributed by atoms with Crippen LogP contribution in [0.15, 0.2) is 35.2 Å². The summed E-state index contributed by atoms with van der Waals surface area (Å²) >= 11 is 0. The third kappa shape index (κ3) is 2.77. The second-order valence-electron chi connectivity index (χ2n) is 3.96. The number of aryl methyl sites for hydroxylation is 1. The smallest absolute Gasteiger partial charge is 0.280 e. The van der Waals surface area contributed by atoms with Crippen LogP contribution in [0.3, 0.4) is 0 Å².